The summed E-state index contributed by atoms with van der Waals surface area (Å²) in [7, 11) is -3.54. The Morgan fingerprint density at radius 1 is 1.24 bits per heavy atom. The predicted molar refractivity (Wildman–Crippen MR) is 70.6 cm³/mol. The minimum atomic E-state index is -3.54. The lowest BCUT2D eigenvalue weighted by atomic mass is 10.4. The molecule has 1 aromatic rings. The summed E-state index contributed by atoms with van der Waals surface area (Å²) in [6, 6.07) is 6.18. The van der Waals surface area contributed by atoms with E-state index in [4.69, 9.17) is 11.6 Å². The molecule has 0 spiro atoms. The third kappa shape index (κ3) is 3.43. The highest BCUT2D eigenvalue weighted by atomic mass is 35.5. The Morgan fingerprint density at radius 3 is 2.29 bits per heavy atom. The Hall–Kier alpha value is -1.10. The zero-order chi connectivity index (χ0) is 12.9. The molecular weight excluding hydrogens is 258 g/mol. The molecule has 0 heterocycles. The summed E-state index contributed by atoms with van der Waals surface area (Å²) in [5.74, 6) is 0. The minimum Gasteiger partial charge on any atom is -0.207 e. The van der Waals surface area contributed by atoms with Gasteiger partial charge in [0.25, 0.3) is 0 Å². The van der Waals surface area contributed by atoms with Crippen LogP contribution in [0.4, 0.5) is 0 Å². The SMILES string of the molecule is C=CCN(CC=C)S(=O)(=O)c1cccc(Cl)c1. The van der Waals surface area contributed by atoms with Crippen LogP contribution < -0.4 is 0 Å². The van der Waals surface area contributed by atoms with E-state index in [1.165, 1.54) is 28.6 Å². The zero-order valence-corrected chi connectivity index (χ0v) is 10.9. The van der Waals surface area contributed by atoms with Gasteiger partial charge >= 0.3 is 0 Å². The lowest BCUT2D eigenvalue weighted by molar-refractivity contribution is 0.474. The van der Waals surface area contributed by atoms with E-state index in [1.807, 2.05) is 0 Å². The first-order valence-electron chi connectivity index (χ1n) is 5.00. The molecular formula is C12H14ClNO2S. The van der Waals surface area contributed by atoms with Gasteiger partial charge < -0.3 is 0 Å². The second-order valence-corrected chi connectivity index (χ2v) is 5.73. The number of rotatable bonds is 6. The maximum atomic E-state index is 12.2. The van der Waals surface area contributed by atoms with E-state index in [0.29, 0.717) is 5.02 Å². The summed E-state index contributed by atoms with van der Waals surface area (Å²) in [4.78, 5) is 0.175. The maximum Gasteiger partial charge on any atom is 0.243 e. The molecule has 92 valence electrons. The Kier molecular flexibility index (Phi) is 4.93. The summed E-state index contributed by atoms with van der Waals surface area (Å²) >= 11 is 5.79. The summed E-state index contributed by atoms with van der Waals surface area (Å²) < 4.78 is 25.7. The molecule has 0 radical (unpaired) electrons. The standard InChI is InChI=1S/C12H14ClNO2S/c1-3-8-14(9-4-2)17(15,16)12-7-5-6-11(13)10-12/h3-7,10H,1-2,8-9H2. The highest BCUT2D eigenvalue weighted by Crippen LogP contribution is 2.19. The number of benzene rings is 1. The predicted octanol–water partition coefficient (Wildman–Crippen LogP) is 2.70. The molecule has 0 atom stereocenters. The molecule has 0 aliphatic carbocycles. The van der Waals surface area contributed by atoms with Gasteiger partial charge in [-0.05, 0) is 18.2 Å². The molecule has 0 unspecified atom stereocenters. The summed E-state index contributed by atoms with van der Waals surface area (Å²) in [6.45, 7) is 7.56. The van der Waals surface area contributed by atoms with Crippen molar-refractivity contribution in [3.05, 3.63) is 54.6 Å². The molecule has 3 nitrogen and oxygen atoms in total. The molecule has 0 N–H and O–H groups in total. The first kappa shape index (κ1) is 14.0. The lowest BCUT2D eigenvalue weighted by Crippen LogP contribution is -2.31. The summed E-state index contributed by atoms with van der Waals surface area (Å²) in [5.41, 5.74) is 0. The van der Waals surface area contributed by atoms with E-state index in [9.17, 15) is 8.42 Å². The van der Waals surface area contributed by atoms with Gasteiger partial charge in [0.1, 0.15) is 0 Å². The van der Waals surface area contributed by atoms with Crippen LogP contribution in [0.25, 0.3) is 0 Å². The third-order valence-electron chi connectivity index (χ3n) is 2.10. The fraction of sp³-hybridized carbons (Fsp3) is 0.167. The molecule has 0 aliphatic heterocycles. The van der Waals surface area contributed by atoms with E-state index in [2.05, 4.69) is 13.2 Å². The second-order valence-electron chi connectivity index (χ2n) is 3.36. The van der Waals surface area contributed by atoms with Crippen LogP contribution in [0, 0.1) is 0 Å². The molecule has 0 saturated carbocycles. The number of sulfonamides is 1. The van der Waals surface area contributed by atoms with Gasteiger partial charge in [0.15, 0.2) is 0 Å². The maximum absolute atomic E-state index is 12.2. The van der Waals surface area contributed by atoms with Crippen LogP contribution >= 0.6 is 11.6 Å². The molecule has 1 rings (SSSR count). The van der Waals surface area contributed by atoms with Crippen LogP contribution in [0.2, 0.25) is 5.02 Å². The average molecular weight is 272 g/mol. The van der Waals surface area contributed by atoms with Crippen LogP contribution in [0.3, 0.4) is 0 Å². The molecule has 17 heavy (non-hydrogen) atoms. The molecule has 1 aromatic carbocycles. The third-order valence-corrected chi connectivity index (χ3v) is 4.16. The fourth-order valence-electron chi connectivity index (χ4n) is 1.34. The van der Waals surface area contributed by atoms with Gasteiger partial charge in [-0.15, -0.1) is 13.2 Å². The number of halogens is 1. The lowest BCUT2D eigenvalue weighted by Gasteiger charge is -2.18. The summed E-state index contributed by atoms with van der Waals surface area (Å²) in [5, 5.41) is 0.392. The van der Waals surface area contributed by atoms with Crippen LogP contribution in [-0.4, -0.2) is 25.8 Å². The normalized spacial score (nSPS) is 11.4. The van der Waals surface area contributed by atoms with Crippen LogP contribution in [0.1, 0.15) is 0 Å². The van der Waals surface area contributed by atoms with Crippen LogP contribution in [-0.2, 0) is 10.0 Å². The monoisotopic (exact) mass is 271 g/mol. The Bertz CT molecular complexity index is 501. The van der Waals surface area contributed by atoms with Crippen molar-refractivity contribution in [1.82, 2.24) is 4.31 Å². The number of hydrogen-bond donors (Lipinski definition) is 0. The largest absolute Gasteiger partial charge is 0.243 e. The van der Waals surface area contributed by atoms with E-state index in [1.54, 1.807) is 12.1 Å². The van der Waals surface area contributed by atoms with Crippen molar-refractivity contribution in [2.45, 2.75) is 4.90 Å². The molecule has 0 amide bonds. The van der Waals surface area contributed by atoms with Crippen molar-refractivity contribution in [1.29, 1.82) is 0 Å². The van der Waals surface area contributed by atoms with Gasteiger partial charge in [-0.1, -0.05) is 29.8 Å². The van der Waals surface area contributed by atoms with E-state index in [-0.39, 0.29) is 18.0 Å². The van der Waals surface area contributed by atoms with Crippen molar-refractivity contribution < 1.29 is 8.42 Å². The van der Waals surface area contributed by atoms with Crippen molar-refractivity contribution in [2.24, 2.45) is 0 Å². The Morgan fingerprint density at radius 2 is 1.82 bits per heavy atom. The Labute approximate surface area is 107 Å². The zero-order valence-electron chi connectivity index (χ0n) is 9.34. The number of nitrogens with zero attached hydrogens (tertiary/aromatic N) is 1. The van der Waals surface area contributed by atoms with Crippen molar-refractivity contribution in [2.75, 3.05) is 13.1 Å². The number of hydrogen-bond acceptors (Lipinski definition) is 2. The van der Waals surface area contributed by atoms with Crippen molar-refractivity contribution in [3.63, 3.8) is 0 Å². The van der Waals surface area contributed by atoms with Crippen molar-refractivity contribution >= 4 is 21.6 Å². The smallest absolute Gasteiger partial charge is 0.207 e. The van der Waals surface area contributed by atoms with Gasteiger partial charge in [0.2, 0.25) is 10.0 Å². The topological polar surface area (TPSA) is 37.4 Å². The van der Waals surface area contributed by atoms with Gasteiger partial charge in [0.05, 0.1) is 4.90 Å². The van der Waals surface area contributed by atoms with Gasteiger partial charge in [-0.2, -0.15) is 4.31 Å². The molecule has 0 saturated heterocycles. The summed E-state index contributed by atoms with van der Waals surface area (Å²) in [6.07, 6.45) is 3.07. The van der Waals surface area contributed by atoms with Crippen LogP contribution in [0.5, 0.6) is 0 Å². The highest BCUT2D eigenvalue weighted by Gasteiger charge is 2.22. The molecule has 0 fully saturated rings. The minimum absolute atomic E-state index is 0.175. The van der Waals surface area contributed by atoms with Crippen LogP contribution in [0.15, 0.2) is 54.5 Å². The van der Waals surface area contributed by atoms with E-state index in [0.717, 1.165) is 0 Å². The first-order valence-corrected chi connectivity index (χ1v) is 6.81. The van der Waals surface area contributed by atoms with Gasteiger partial charge in [-0.25, -0.2) is 8.42 Å². The van der Waals surface area contributed by atoms with E-state index >= 15 is 0 Å². The fourth-order valence-corrected chi connectivity index (χ4v) is 3.02. The molecule has 0 bridgehead atoms. The average Bonchev–Trinajstić information content (AvgIpc) is 2.29. The quantitative estimate of drug-likeness (QED) is 0.746. The molecule has 0 aliphatic rings. The highest BCUT2D eigenvalue weighted by molar-refractivity contribution is 7.89. The van der Waals surface area contributed by atoms with Gasteiger partial charge in [-0.3, -0.25) is 0 Å². The Balaban J connectivity index is 3.15. The second kappa shape index (κ2) is 6.00. The molecule has 0 aromatic heterocycles. The van der Waals surface area contributed by atoms with Gasteiger partial charge in [0, 0.05) is 18.1 Å². The first-order chi connectivity index (χ1) is 8.02. The van der Waals surface area contributed by atoms with E-state index < -0.39 is 10.0 Å². The molecule has 5 heteroatoms. The van der Waals surface area contributed by atoms with Crippen molar-refractivity contribution in [3.8, 4) is 0 Å².